The van der Waals surface area contributed by atoms with Crippen molar-refractivity contribution >= 4 is 48.7 Å². The van der Waals surface area contributed by atoms with E-state index in [1.165, 1.54) is 11.8 Å². The molecule has 55 heavy (non-hydrogen) atoms. The van der Waals surface area contributed by atoms with Crippen LogP contribution in [-0.4, -0.2) is 208 Å². The number of carboxylic acids is 3. The third kappa shape index (κ3) is 18.5. The first kappa shape index (κ1) is 47.3. The summed E-state index contributed by atoms with van der Waals surface area (Å²) in [5, 5.41) is 55.6. The largest absolute Gasteiger partial charge is 0.480 e. The summed E-state index contributed by atoms with van der Waals surface area (Å²) in [6.07, 6.45) is 2.91. The molecule has 0 bridgehead atoms. The maximum atomic E-state index is 13.0. The molecule has 0 unspecified atom stereocenters. The summed E-state index contributed by atoms with van der Waals surface area (Å²) < 4.78 is 0. The summed E-state index contributed by atoms with van der Waals surface area (Å²) in [4.78, 5) is 94.2. The molecule has 3 atom stereocenters. The Morgan fingerprint density at radius 1 is 0.636 bits per heavy atom. The normalized spacial score (nSPS) is 19.5. The average molecular weight is 785 g/mol. The van der Waals surface area contributed by atoms with Crippen LogP contribution in [0.5, 0.6) is 0 Å². The third-order valence-electron chi connectivity index (χ3n) is 9.70. The fourth-order valence-electron chi connectivity index (χ4n) is 6.63. The van der Waals surface area contributed by atoms with Crippen LogP contribution in [0.2, 0.25) is 0 Å². The molecule has 312 valence electrons. The maximum Gasteiger partial charge on any atom is 0.475 e. The number of nitrogens with zero attached hydrogens (tertiary/aromatic N) is 5. The molecule has 2 fully saturated rings. The van der Waals surface area contributed by atoms with E-state index in [9.17, 15) is 58.9 Å². The summed E-state index contributed by atoms with van der Waals surface area (Å²) >= 11 is 0. The number of hydrogen-bond acceptors (Lipinski definition) is 13. The second kappa shape index (κ2) is 24.6. The van der Waals surface area contributed by atoms with Gasteiger partial charge in [-0.1, -0.05) is 20.3 Å². The van der Waals surface area contributed by atoms with E-state index in [2.05, 4.69) is 16.0 Å². The molecule has 20 nitrogen and oxygen atoms in total. The first-order valence-electron chi connectivity index (χ1n) is 19.0. The number of likely N-dealkylation sites (tertiary alicyclic amines) is 1. The number of carbonyl (C=O) groups is 7. The third-order valence-corrected chi connectivity index (χ3v) is 9.70. The lowest BCUT2D eigenvalue weighted by atomic mass is 9.78. The standard InChI is InChI=1S/C34H61BN8O12/c1-24(2)32(33(52)37-25(3)34(53)43-11-7-8-26(43)35(54)55)38-27(44)9-5-4-6-10-36-28(45)20-39-12-14-40(21-29(46)47)16-18-42(23-31(50)51)19-17-41(15-13-39)22-30(48)49/h24-26,32,54-55H,4-23H2,1-3H3,(H,36,45)(H,37,52)(H,38,44)(H,46,47)(H,48,49)(H,50,51)/t25-,26+,32+/m1/s1. The Labute approximate surface area is 322 Å². The molecule has 21 heteroatoms. The number of amides is 4. The van der Waals surface area contributed by atoms with Crippen molar-refractivity contribution in [1.82, 2.24) is 40.4 Å². The van der Waals surface area contributed by atoms with Gasteiger partial charge < -0.3 is 46.2 Å². The molecule has 2 heterocycles. The predicted octanol–water partition coefficient (Wildman–Crippen LogP) is -3.21. The van der Waals surface area contributed by atoms with Crippen molar-refractivity contribution in [2.45, 2.75) is 77.3 Å². The molecular weight excluding hydrogens is 723 g/mol. The van der Waals surface area contributed by atoms with Crippen molar-refractivity contribution in [1.29, 1.82) is 0 Å². The van der Waals surface area contributed by atoms with Crippen molar-refractivity contribution in [2.75, 3.05) is 91.6 Å². The topological polar surface area (TPSA) is 273 Å². The molecule has 2 aliphatic heterocycles. The Hall–Kier alpha value is -3.89. The quantitative estimate of drug-likeness (QED) is 0.0446. The summed E-state index contributed by atoms with van der Waals surface area (Å²) in [6, 6.07) is -1.81. The van der Waals surface area contributed by atoms with Crippen LogP contribution in [0.25, 0.3) is 0 Å². The second-order valence-corrected chi connectivity index (χ2v) is 14.6. The van der Waals surface area contributed by atoms with E-state index in [1.807, 2.05) is 4.90 Å². The van der Waals surface area contributed by atoms with E-state index in [1.54, 1.807) is 28.5 Å². The molecule has 0 aromatic rings. The van der Waals surface area contributed by atoms with E-state index < -0.39 is 54.9 Å². The molecule has 0 aromatic carbocycles. The van der Waals surface area contributed by atoms with Crippen molar-refractivity contribution in [3.8, 4) is 0 Å². The zero-order chi connectivity index (χ0) is 41.1. The molecule has 4 amide bonds. The van der Waals surface area contributed by atoms with Gasteiger partial charge >= 0.3 is 25.0 Å². The molecular formula is C34H61BN8O12. The van der Waals surface area contributed by atoms with Crippen LogP contribution in [-0.2, 0) is 33.6 Å². The highest BCUT2D eigenvalue weighted by molar-refractivity contribution is 6.43. The summed E-state index contributed by atoms with van der Waals surface area (Å²) in [5.74, 6) is -5.66. The Morgan fingerprint density at radius 3 is 1.55 bits per heavy atom. The highest BCUT2D eigenvalue weighted by atomic mass is 16.4. The molecule has 0 radical (unpaired) electrons. The van der Waals surface area contributed by atoms with Gasteiger partial charge in [0.1, 0.15) is 12.1 Å². The zero-order valence-electron chi connectivity index (χ0n) is 32.4. The first-order valence-corrected chi connectivity index (χ1v) is 19.0. The van der Waals surface area contributed by atoms with E-state index in [-0.39, 0.29) is 76.5 Å². The van der Waals surface area contributed by atoms with E-state index >= 15 is 0 Å². The van der Waals surface area contributed by atoms with Gasteiger partial charge in [0.2, 0.25) is 23.6 Å². The number of aliphatic carboxylic acids is 3. The van der Waals surface area contributed by atoms with Crippen molar-refractivity contribution in [3.05, 3.63) is 0 Å². The lowest BCUT2D eigenvalue weighted by molar-refractivity contribution is -0.140. The summed E-state index contributed by atoms with van der Waals surface area (Å²) in [7, 11) is -1.67. The fourth-order valence-corrected chi connectivity index (χ4v) is 6.63. The lowest BCUT2D eigenvalue weighted by Gasteiger charge is -2.32. The molecule has 2 rings (SSSR count). The van der Waals surface area contributed by atoms with Crippen LogP contribution < -0.4 is 16.0 Å². The lowest BCUT2D eigenvalue weighted by Crippen LogP contribution is -2.56. The summed E-state index contributed by atoms with van der Waals surface area (Å²) in [6.45, 7) is 7.34. The van der Waals surface area contributed by atoms with Crippen LogP contribution in [0.3, 0.4) is 0 Å². The number of unbranched alkanes of at least 4 members (excludes halogenated alkanes) is 2. The van der Waals surface area contributed by atoms with Crippen LogP contribution in [0, 0.1) is 5.92 Å². The van der Waals surface area contributed by atoms with Gasteiger partial charge in [-0.15, -0.1) is 0 Å². The predicted molar refractivity (Wildman–Crippen MR) is 199 cm³/mol. The van der Waals surface area contributed by atoms with Gasteiger partial charge in [0.05, 0.1) is 32.1 Å². The molecule has 2 saturated heterocycles. The van der Waals surface area contributed by atoms with Crippen LogP contribution in [0.4, 0.5) is 0 Å². The zero-order valence-corrected chi connectivity index (χ0v) is 32.4. The van der Waals surface area contributed by atoms with Gasteiger partial charge in [-0.05, 0) is 38.5 Å². The van der Waals surface area contributed by atoms with E-state index in [0.717, 1.165) is 0 Å². The fraction of sp³-hybridized carbons (Fsp3) is 0.794. The Kier molecular flexibility index (Phi) is 21.1. The SMILES string of the molecule is CC(C)[C@H](NC(=O)CCCCCNC(=O)CN1CCN(CC(=O)O)CCN(CC(=O)O)CCN(CC(=O)O)CC1)C(=O)N[C@H](C)C(=O)N1CCC[C@H]1B(O)O. The van der Waals surface area contributed by atoms with Gasteiger partial charge in [0, 0.05) is 71.9 Å². The smallest absolute Gasteiger partial charge is 0.475 e. The highest BCUT2D eigenvalue weighted by Crippen LogP contribution is 2.19. The van der Waals surface area contributed by atoms with Gasteiger partial charge in [-0.3, -0.25) is 53.2 Å². The molecule has 8 N–H and O–H groups in total. The number of rotatable bonds is 20. The van der Waals surface area contributed by atoms with E-state index in [0.29, 0.717) is 71.4 Å². The minimum atomic E-state index is -1.67. The maximum absolute atomic E-state index is 13.0. The van der Waals surface area contributed by atoms with Gasteiger partial charge in [0.25, 0.3) is 0 Å². The number of hydrogen-bond donors (Lipinski definition) is 8. The molecule has 0 aliphatic carbocycles. The van der Waals surface area contributed by atoms with Crippen LogP contribution in [0.1, 0.15) is 59.3 Å². The second-order valence-electron chi connectivity index (χ2n) is 14.6. The van der Waals surface area contributed by atoms with E-state index in [4.69, 9.17) is 0 Å². The Balaban J connectivity index is 1.82. The van der Waals surface area contributed by atoms with Crippen molar-refractivity contribution in [3.63, 3.8) is 0 Å². The number of nitrogens with one attached hydrogen (secondary N) is 3. The molecule has 2 aliphatic rings. The van der Waals surface area contributed by atoms with Crippen LogP contribution in [0.15, 0.2) is 0 Å². The first-order chi connectivity index (χ1) is 26.0. The van der Waals surface area contributed by atoms with Gasteiger partial charge in [-0.25, -0.2) is 0 Å². The molecule has 0 spiro atoms. The highest BCUT2D eigenvalue weighted by Gasteiger charge is 2.39. The van der Waals surface area contributed by atoms with Crippen molar-refractivity contribution < 1.29 is 58.9 Å². The molecule has 0 saturated carbocycles. The average Bonchev–Trinajstić information content (AvgIpc) is 3.59. The molecule has 0 aromatic heterocycles. The number of carbonyl (C=O) groups excluding carboxylic acids is 4. The Morgan fingerprint density at radius 2 is 1.11 bits per heavy atom. The monoisotopic (exact) mass is 784 g/mol. The minimum absolute atomic E-state index is 0.000236. The minimum Gasteiger partial charge on any atom is -0.480 e. The Bertz CT molecular complexity index is 1260. The van der Waals surface area contributed by atoms with Crippen LogP contribution >= 0.6 is 0 Å². The summed E-state index contributed by atoms with van der Waals surface area (Å²) in [5.41, 5.74) is 0. The van der Waals surface area contributed by atoms with Crippen molar-refractivity contribution in [2.24, 2.45) is 5.92 Å². The van der Waals surface area contributed by atoms with Gasteiger partial charge in [0.15, 0.2) is 0 Å². The van der Waals surface area contributed by atoms with Gasteiger partial charge in [-0.2, -0.15) is 0 Å². The number of carboxylic acid groups (broad SMARTS) is 3.